The van der Waals surface area contributed by atoms with Gasteiger partial charge in [0.2, 0.25) is 0 Å². The number of hydrogen-bond donors (Lipinski definition) is 10. The number of nitrogens with one attached hydrogen (secondary N) is 3. The van der Waals surface area contributed by atoms with E-state index in [2.05, 4.69) is 16.0 Å². The standard InChI is InChI=1S/C32H37N3O11.Fe/c36-22-10-1-7-19(25(22)39)28(42)33-16-4-13-32(31(45)46,14-5-17-34-29(43)20-8-2-11-23(37)26(20)40)15-6-18-35-30(44)21-9-3-12-24(38)27(21)41;/h1-3,7-12,36-41H,4-6,13-18H2,(H,33,42)(H,34,43)(H,35,44)(H,45,46);/q;+3. The number of carbonyl (C=O) groups is 4. The second-order valence-electron chi connectivity index (χ2n) is 10.7. The minimum Gasteiger partial charge on any atom is -0.504 e. The number of rotatable bonds is 16. The number of aromatic hydroxyl groups is 6. The SMILES string of the molecule is O=C(NCCCC(CCCNC(=O)c1cccc(O)c1O)(CCCNC(=O)c1cccc(O)c1O)C(=O)O)c1cccc(O)c1O.[Fe+3]. The van der Waals surface area contributed by atoms with Crippen molar-refractivity contribution in [2.24, 2.45) is 5.41 Å². The third kappa shape index (κ3) is 9.92. The summed E-state index contributed by atoms with van der Waals surface area (Å²) in [5.74, 6) is -6.24. The molecule has 0 aromatic heterocycles. The van der Waals surface area contributed by atoms with E-state index in [0.29, 0.717) is 0 Å². The smallest absolute Gasteiger partial charge is 0.504 e. The molecule has 47 heavy (non-hydrogen) atoms. The summed E-state index contributed by atoms with van der Waals surface area (Å²) in [4.78, 5) is 50.2. The molecule has 3 rings (SSSR count). The summed E-state index contributed by atoms with van der Waals surface area (Å²) < 4.78 is 0. The Balaban J connectivity index is 0.00000768. The molecule has 0 aliphatic rings. The van der Waals surface area contributed by atoms with Gasteiger partial charge in [-0.1, -0.05) is 18.2 Å². The van der Waals surface area contributed by atoms with Crippen LogP contribution < -0.4 is 16.0 Å². The average molecular weight is 696 g/mol. The number of phenolic OH excluding ortho intramolecular Hbond substituents is 6. The first kappa shape index (κ1) is 38.0. The molecule has 251 valence electrons. The van der Waals surface area contributed by atoms with Crippen LogP contribution in [-0.4, -0.2) is 79.1 Å². The first-order valence-electron chi connectivity index (χ1n) is 14.5. The first-order chi connectivity index (χ1) is 21.9. The van der Waals surface area contributed by atoms with Crippen LogP contribution in [-0.2, 0) is 21.9 Å². The summed E-state index contributed by atoms with van der Waals surface area (Å²) in [5, 5.41) is 76.9. The molecule has 0 unspecified atom stereocenters. The molecule has 1 radical (unpaired) electrons. The van der Waals surface area contributed by atoms with Gasteiger partial charge in [0.15, 0.2) is 34.5 Å². The molecule has 0 fully saturated rings. The summed E-state index contributed by atoms with van der Waals surface area (Å²) in [6, 6.07) is 11.8. The molecule has 0 saturated carbocycles. The Morgan fingerprint density at radius 3 is 1.04 bits per heavy atom. The summed E-state index contributed by atoms with van der Waals surface area (Å²) >= 11 is 0. The maximum Gasteiger partial charge on any atom is 3.00 e. The molecule has 15 heteroatoms. The number of carboxylic acid groups (broad SMARTS) is 1. The molecule has 10 N–H and O–H groups in total. The van der Waals surface area contributed by atoms with E-state index in [1.807, 2.05) is 0 Å². The minimum absolute atomic E-state index is 0. The summed E-state index contributed by atoms with van der Waals surface area (Å²) in [6.07, 6.45) is 0.922. The quantitative estimate of drug-likeness (QED) is 0.0593. The zero-order valence-electron chi connectivity index (χ0n) is 25.2. The van der Waals surface area contributed by atoms with Crippen LogP contribution in [0.2, 0.25) is 0 Å². The number of carboxylic acids is 1. The van der Waals surface area contributed by atoms with Crippen molar-refractivity contribution in [1.82, 2.24) is 16.0 Å². The van der Waals surface area contributed by atoms with E-state index in [4.69, 9.17) is 0 Å². The predicted molar refractivity (Wildman–Crippen MR) is 164 cm³/mol. The van der Waals surface area contributed by atoms with Gasteiger partial charge >= 0.3 is 23.0 Å². The molecule has 0 heterocycles. The maximum atomic E-state index is 12.7. The second kappa shape index (κ2) is 17.5. The molecule has 3 aromatic rings. The summed E-state index contributed by atoms with van der Waals surface area (Å²) in [6.45, 7) is 0.137. The van der Waals surface area contributed by atoms with Crippen molar-refractivity contribution in [3.8, 4) is 34.5 Å². The van der Waals surface area contributed by atoms with Gasteiger partial charge in [0.05, 0.1) is 22.1 Å². The average Bonchev–Trinajstić information content (AvgIpc) is 3.02. The molecule has 0 bridgehead atoms. The zero-order chi connectivity index (χ0) is 33.9. The number of para-hydroxylation sites is 3. The number of phenols is 6. The Kier molecular flexibility index (Phi) is 14.2. The fourth-order valence-corrected chi connectivity index (χ4v) is 5.01. The molecule has 0 saturated heterocycles. The van der Waals surface area contributed by atoms with E-state index in [1.165, 1.54) is 54.6 Å². The van der Waals surface area contributed by atoms with Gasteiger partial charge in [-0.15, -0.1) is 0 Å². The fraction of sp³-hybridized carbons (Fsp3) is 0.312. The van der Waals surface area contributed by atoms with Crippen LogP contribution in [0.1, 0.15) is 69.6 Å². The van der Waals surface area contributed by atoms with Gasteiger partial charge < -0.3 is 51.7 Å². The Bertz CT molecular complexity index is 1410. The van der Waals surface area contributed by atoms with Crippen molar-refractivity contribution in [2.75, 3.05) is 19.6 Å². The molecule has 0 aliphatic heterocycles. The molecular formula is C32H37FeN3O11+3. The Morgan fingerprint density at radius 1 is 0.511 bits per heavy atom. The Labute approximate surface area is 280 Å². The van der Waals surface area contributed by atoms with Gasteiger partial charge in [-0.2, -0.15) is 0 Å². The summed E-state index contributed by atoms with van der Waals surface area (Å²) in [7, 11) is 0. The number of hydrogen-bond acceptors (Lipinski definition) is 10. The second-order valence-corrected chi connectivity index (χ2v) is 10.7. The van der Waals surface area contributed by atoms with E-state index >= 15 is 0 Å². The third-order valence-corrected chi connectivity index (χ3v) is 7.58. The van der Waals surface area contributed by atoms with Gasteiger partial charge in [-0.3, -0.25) is 19.2 Å². The Hall–Kier alpha value is -5.14. The van der Waals surface area contributed by atoms with E-state index < -0.39 is 63.6 Å². The van der Waals surface area contributed by atoms with E-state index in [-0.39, 0.29) is 91.9 Å². The number of amides is 3. The van der Waals surface area contributed by atoms with Gasteiger partial charge in [0.25, 0.3) is 17.7 Å². The first-order valence-corrected chi connectivity index (χ1v) is 14.5. The normalized spacial score (nSPS) is 10.8. The van der Waals surface area contributed by atoms with Crippen molar-refractivity contribution in [3.63, 3.8) is 0 Å². The van der Waals surface area contributed by atoms with Crippen LogP contribution in [0, 0.1) is 5.41 Å². The van der Waals surface area contributed by atoms with Crippen molar-refractivity contribution in [2.45, 2.75) is 38.5 Å². The Morgan fingerprint density at radius 2 is 0.787 bits per heavy atom. The number of benzene rings is 3. The monoisotopic (exact) mass is 695 g/mol. The third-order valence-electron chi connectivity index (χ3n) is 7.58. The van der Waals surface area contributed by atoms with Crippen molar-refractivity contribution < 1.29 is 72.0 Å². The molecule has 14 nitrogen and oxygen atoms in total. The zero-order valence-corrected chi connectivity index (χ0v) is 26.3. The van der Waals surface area contributed by atoms with Gasteiger partial charge in [0, 0.05) is 19.6 Å². The number of carbonyl (C=O) groups excluding carboxylic acids is 3. The van der Waals surface area contributed by atoms with Crippen molar-refractivity contribution >= 4 is 23.7 Å². The van der Waals surface area contributed by atoms with Gasteiger partial charge in [-0.25, -0.2) is 0 Å². The van der Waals surface area contributed by atoms with Gasteiger partial charge in [0.1, 0.15) is 0 Å². The predicted octanol–water partition coefficient (Wildman–Crippen LogP) is 2.92. The van der Waals surface area contributed by atoms with E-state index in [1.54, 1.807) is 0 Å². The molecule has 3 amide bonds. The molecule has 0 aliphatic carbocycles. The molecular weight excluding hydrogens is 658 g/mol. The number of aliphatic carboxylic acids is 1. The van der Waals surface area contributed by atoms with Crippen LogP contribution in [0.4, 0.5) is 0 Å². The van der Waals surface area contributed by atoms with E-state index in [9.17, 15) is 54.9 Å². The van der Waals surface area contributed by atoms with Crippen LogP contribution in [0.15, 0.2) is 54.6 Å². The largest absolute Gasteiger partial charge is 3.00 e. The summed E-state index contributed by atoms with van der Waals surface area (Å²) in [5.41, 5.74) is -1.78. The molecule has 0 atom stereocenters. The fourth-order valence-electron chi connectivity index (χ4n) is 5.01. The van der Waals surface area contributed by atoms with Crippen LogP contribution >= 0.6 is 0 Å². The molecule has 3 aromatic carbocycles. The van der Waals surface area contributed by atoms with Crippen LogP contribution in [0.25, 0.3) is 0 Å². The maximum absolute atomic E-state index is 12.7. The van der Waals surface area contributed by atoms with Gasteiger partial charge in [-0.05, 0) is 74.9 Å². The van der Waals surface area contributed by atoms with Crippen LogP contribution in [0.5, 0.6) is 34.5 Å². The molecule has 0 spiro atoms. The topological polar surface area (TPSA) is 246 Å². The minimum atomic E-state index is -1.34. The van der Waals surface area contributed by atoms with Crippen molar-refractivity contribution in [1.29, 1.82) is 0 Å². The van der Waals surface area contributed by atoms with Crippen LogP contribution in [0.3, 0.4) is 0 Å². The van der Waals surface area contributed by atoms with E-state index in [0.717, 1.165) is 0 Å². The van der Waals surface area contributed by atoms with Crippen molar-refractivity contribution in [3.05, 3.63) is 71.3 Å².